The van der Waals surface area contributed by atoms with Gasteiger partial charge in [-0.15, -0.1) is 0 Å². The van der Waals surface area contributed by atoms with Gasteiger partial charge in [-0.25, -0.2) is 0 Å². The zero-order chi connectivity index (χ0) is 75.2. The van der Waals surface area contributed by atoms with E-state index in [1.807, 2.05) is 13.8 Å². The van der Waals surface area contributed by atoms with Crippen molar-refractivity contribution >= 4 is 84.7 Å². The van der Waals surface area contributed by atoms with Gasteiger partial charge in [0.15, 0.2) is 43.7 Å². The molecule has 3 saturated heterocycles. The van der Waals surface area contributed by atoms with Gasteiger partial charge in [0, 0.05) is 76.5 Å². The van der Waals surface area contributed by atoms with Crippen LogP contribution < -0.4 is 4.74 Å². The summed E-state index contributed by atoms with van der Waals surface area (Å²) in [6.45, 7) is 40.2. The second-order valence-corrected chi connectivity index (χ2v) is 44.5. The van der Waals surface area contributed by atoms with Crippen molar-refractivity contribution in [2.75, 3.05) is 47.9 Å². The number of hydrogen-bond donors (Lipinski definition) is 0. The van der Waals surface area contributed by atoms with Crippen molar-refractivity contribution in [2.24, 2.45) is 0 Å². The molecule has 1 nitrogen and oxygen atoms in total. The lowest BCUT2D eigenvalue weighted by atomic mass is 9.81. The van der Waals surface area contributed by atoms with Crippen LogP contribution >= 0.6 is 20.9 Å². The van der Waals surface area contributed by atoms with Crippen LogP contribution in [0.2, 0.25) is 0 Å². The molecule has 14 rings (SSSR count). The number of methoxy groups -OCH3 is 1. The molecule has 9 aromatic carbocycles. The molecule has 2 unspecified atom stereocenters. The van der Waals surface area contributed by atoms with Gasteiger partial charge in [0.05, 0.1) is 18.0 Å². The van der Waals surface area contributed by atoms with Gasteiger partial charge in [-0.05, 0) is 261 Å². The Bertz CT molecular complexity index is 4220. The van der Waals surface area contributed by atoms with Gasteiger partial charge in [-0.1, -0.05) is 194 Å². The average Bonchev–Trinajstić information content (AvgIpc) is 1.79. The molecule has 0 radical (unpaired) electrons. The number of rotatable bonds is 8. The van der Waals surface area contributed by atoms with E-state index in [4.69, 9.17) is 4.74 Å². The van der Waals surface area contributed by atoms with E-state index >= 15 is 0 Å². The van der Waals surface area contributed by atoms with Crippen molar-refractivity contribution in [1.29, 1.82) is 0 Å². The SMILES string of the molecule is CC.CC(C)(C)c1ccc(-[s+]2ccc3ccccc32)cc1.COc1c(C)cc([S+]2CCCCC2)cc1C.C[S+](c1ccc(C(C)(C)C)cc1)c1ccc(C(C)(C)C)cc1.Cc1cc([S+]2CCCCC2)cc(C)c1C(C)(C)C.c1ccc(-[s+]2ccc3ccccc32)cc1.c1ccc([S+]2CCCCC2)cc1. The van der Waals surface area contributed by atoms with Crippen LogP contribution in [-0.2, 0) is 65.2 Å². The second kappa shape index (κ2) is 39.8. The largest absolute Gasteiger partial charge is 0.496 e. The van der Waals surface area contributed by atoms with Gasteiger partial charge in [0.2, 0.25) is 0 Å². The first-order valence-corrected chi connectivity index (χ1v) is 47.5. The summed E-state index contributed by atoms with van der Waals surface area (Å²) in [4.78, 5) is 10.4. The summed E-state index contributed by atoms with van der Waals surface area (Å²) in [6.07, 6.45) is 15.2. The molecule has 11 aromatic rings. The highest BCUT2D eigenvalue weighted by atomic mass is 32.2. The molecular formula is C97H128OS6+6. The van der Waals surface area contributed by atoms with E-state index in [9.17, 15) is 0 Å². The lowest BCUT2D eigenvalue weighted by Gasteiger charge is -2.25. The van der Waals surface area contributed by atoms with Crippen LogP contribution in [0.5, 0.6) is 5.75 Å². The average molecular weight is 1500 g/mol. The Hall–Kier alpha value is -5.90. The third-order valence-corrected chi connectivity index (χ3v) is 33.1. The van der Waals surface area contributed by atoms with Crippen molar-refractivity contribution in [3.05, 3.63) is 274 Å². The van der Waals surface area contributed by atoms with Crippen LogP contribution in [0.25, 0.3) is 30.0 Å². The Labute approximate surface area is 649 Å². The topological polar surface area (TPSA) is 9.23 Å². The zero-order valence-electron chi connectivity index (χ0n) is 67.4. The van der Waals surface area contributed by atoms with E-state index in [1.54, 1.807) is 27.4 Å². The minimum Gasteiger partial charge on any atom is -0.496 e. The lowest BCUT2D eigenvalue weighted by molar-refractivity contribution is 0.408. The molecule has 3 aliphatic heterocycles. The van der Waals surface area contributed by atoms with Crippen LogP contribution in [-0.4, -0.2) is 47.9 Å². The Kier molecular flexibility index (Phi) is 32.0. The summed E-state index contributed by atoms with van der Waals surface area (Å²) in [5.74, 6) is 9.57. The van der Waals surface area contributed by atoms with Gasteiger partial charge in [0.1, 0.15) is 57.3 Å². The maximum Gasteiger partial charge on any atom is 0.186 e. The maximum atomic E-state index is 5.42. The first kappa shape index (κ1) is 83.7. The third-order valence-electron chi connectivity index (χ3n) is 19.7. The van der Waals surface area contributed by atoms with E-state index in [0.717, 1.165) is 5.75 Å². The van der Waals surface area contributed by atoms with Crippen LogP contribution in [0.1, 0.15) is 199 Å². The van der Waals surface area contributed by atoms with Crippen molar-refractivity contribution in [3.8, 4) is 15.5 Å². The normalized spacial score (nSPS) is 14.9. The predicted molar refractivity (Wildman–Crippen MR) is 477 cm³/mol. The van der Waals surface area contributed by atoms with Gasteiger partial charge in [-0.3, -0.25) is 0 Å². The quantitative estimate of drug-likeness (QED) is 0.138. The third kappa shape index (κ3) is 24.1. The molecule has 552 valence electrons. The van der Waals surface area contributed by atoms with E-state index in [0.29, 0.717) is 32.7 Å². The molecule has 3 fully saturated rings. The van der Waals surface area contributed by atoms with E-state index in [1.165, 1.54) is 171 Å². The summed E-state index contributed by atoms with van der Waals surface area (Å²) in [6, 6.07) is 80.5. The monoisotopic (exact) mass is 1500 g/mol. The van der Waals surface area contributed by atoms with Crippen molar-refractivity contribution in [3.63, 3.8) is 0 Å². The summed E-state index contributed by atoms with van der Waals surface area (Å²) < 4.78 is 8.32. The first-order chi connectivity index (χ1) is 49.7. The molecular weight excluding hydrogens is 1370 g/mol. The second-order valence-electron chi connectivity index (χ2n) is 32.0. The summed E-state index contributed by atoms with van der Waals surface area (Å²) in [7, 11) is 3.80. The predicted octanol–water partition coefficient (Wildman–Crippen LogP) is 28.5. The molecule has 5 heterocycles. The van der Waals surface area contributed by atoms with Gasteiger partial charge < -0.3 is 4.74 Å². The van der Waals surface area contributed by atoms with Gasteiger partial charge in [0.25, 0.3) is 0 Å². The van der Waals surface area contributed by atoms with Crippen LogP contribution in [0.15, 0.2) is 254 Å². The molecule has 0 aliphatic carbocycles. The molecule has 0 saturated carbocycles. The molecule has 2 atom stereocenters. The summed E-state index contributed by atoms with van der Waals surface area (Å²) >= 11 is 0. The molecule has 0 N–H and O–H groups in total. The zero-order valence-corrected chi connectivity index (χ0v) is 72.3. The highest BCUT2D eigenvalue weighted by Gasteiger charge is 2.30. The first-order valence-electron chi connectivity index (χ1n) is 38.6. The Balaban J connectivity index is 0.000000158. The minimum absolute atomic E-state index is 0.119. The molecule has 104 heavy (non-hydrogen) atoms. The van der Waals surface area contributed by atoms with Crippen molar-refractivity contribution < 1.29 is 4.74 Å². The lowest BCUT2D eigenvalue weighted by Crippen LogP contribution is -2.20. The van der Waals surface area contributed by atoms with Crippen molar-refractivity contribution in [2.45, 2.75) is 229 Å². The molecule has 0 spiro atoms. The molecule has 0 bridgehead atoms. The number of aryl methyl sites for hydroxylation is 4. The molecule has 7 heteroatoms. The van der Waals surface area contributed by atoms with Crippen LogP contribution in [0, 0.1) is 27.7 Å². The number of thiophene rings is 2. The number of fused-ring (bicyclic) bond motifs is 2. The number of ether oxygens (including phenoxy) is 1. The Morgan fingerprint density at radius 1 is 0.308 bits per heavy atom. The fourth-order valence-electron chi connectivity index (χ4n) is 14.1. The van der Waals surface area contributed by atoms with Gasteiger partial charge >= 0.3 is 0 Å². The maximum absolute atomic E-state index is 5.42. The highest BCUT2D eigenvalue weighted by Crippen LogP contribution is 2.42. The number of hydrogen-bond acceptors (Lipinski definition) is 1. The van der Waals surface area contributed by atoms with Gasteiger partial charge in [-0.2, -0.15) is 0 Å². The van der Waals surface area contributed by atoms with E-state index in [2.05, 4.69) is 346 Å². The van der Waals surface area contributed by atoms with E-state index in [-0.39, 0.29) is 53.5 Å². The smallest absolute Gasteiger partial charge is 0.186 e. The Morgan fingerprint density at radius 3 is 0.942 bits per heavy atom. The van der Waals surface area contributed by atoms with Crippen LogP contribution in [0.3, 0.4) is 0 Å². The molecule has 0 amide bonds. The van der Waals surface area contributed by atoms with Crippen molar-refractivity contribution in [1.82, 2.24) is 0 Å². The van der Waals surface area contributed by atoms with E-state index < -0.39 is 0 Å². The summed E-state index contributed by atoms with van der Waals surface area (Å²) in [5.41, 5.74) is 12.2. The fourth-order valence-corrected chi connectivity index (χ4v) is 26.5. The Morgan fingerprint density at radius 2 is 0.606 bits per heavy atom. The highest BCUT2D eigenvalue weighted by molar-refractivity contribution is 7.97. The summed E-state index contributed by atoms with van der Waals surface area (Å²) in [5, 5.41) is 7.37. The molecule has 2 aromatic heterocycles. The fraction of sp³-hybridized carbons (Fsp3) is 0.402. The number of benzene rings is 9. The van der Waals surface area contributed by atoms with Crippen LogP contribution in [0.4, 0.5) is 0 Å². The molecule has 3 aliphatic rings. The standard InChI is InChI=1S/C21H29S.C18H19S.C17H27S.C14H21OS.C14H11S.C11H15S.C2H6/c1-20(2,3)16-8-12-18(13-9-16)22(7)19-14-10-17(11-15-19)21(4,5)6;1-18(2,3)15-8-10-16(11-9-15)19-13-12-14-6-4-5-7-17(14)19;1-13-11-15(18-9-7-6-8-10-18)12-14(2)16(13)17(3,4)5;1-11-9-13(10-12(2)14(11)15-3)16-7-5-4-6-8-16;1-2-7-13(8-3-1)15-11-10-12-6-4-5-9-14(12)15;1-3-7-11(8-4-1)12-9-5-2-6-10-12;1-2/h8-15H,1-7H3;4-13H,1-3H3;11-12H,6-10H2,1-5H3;9-10H,4-8H2,1-3H3;1-11H;1,3-4,7-8H,2,5-6,9-10H2;1-2H3/q6*+1;. The minimum atomic E-state index is 0.119.